The number of carbonyl (C=O) groups is 4. The van der Waals surface area contributed by atoms with Gasteiger partial charge in [-0.3, -0.25) is 14.4 Å². The van der Waals surface area contributed by atoms with E-state index >= 15 is 9.59 Å². The van der Waals surface area contributed by atoms with E-state index in [4.69, 9.17) is 27.8 Å². The zero-order chi connectivity index (χ0) is 50.9. The van der Waals surface area contributed by atoms with E-state index in [0.717, 1.165) is 35.3 Å². The van der Waals surface area contributed by atoms with E-state index in [-0.39, 0.29) is 59.7 Å². The fourth-order valence-electron chi connectivity index (χ4n) is 10.3. The van der Waals surface area contributed by atoms with Gasteiger partial charge in [-0.15, -0.1) is 0 Å². The smallest absolute Gasteiger partial charge is 0.338 e. The maximum absolute atomic E-state index is 15.1. The van der Waals surface area contributed by atoms with E-state index < -0.39 is 84.7 Å². The van der Waals surface area contributed by atoms with E-state index in [1.807, 2.05) is 53.7 Å². The number of ketones is 3. The number of carbonyl (C=O) groups excluding carboxylic acids is 4. The predicted molar refractivity (Wildman–Crippen MR) is 279 cm³/mol. The lowest BCUT2D eigenvalue weighted by Crippen LogP contribution is -2.53. The van der Waals surface area contributed by atoms with Gasteiger partial charge in [-0.25, -0.2) is 4.79 Å². The summed E-state index contributed by atoms with van der Waals surface area (Å²) >= 11 is 0. The Morgan fingerprint density at radius 1 is 0.848 bits per heavy atom. The molecule has 382 valence electrons. The minimum Gasteiger partial charge on any atom is -0.463 e. The molecule has 13 heteroatoms. The summed E-state index contributed by atoms with van der Waals surface area (Å²) in [4.78, 5) is 58.9. The molecule has 0 aromatic carbocycles. The number of hydrogen-bond acceptors (Lipinski definition) is 10. The molecule has 10 nitrogen and oxygen atoms in total. The van der Waals surface area contributed by atoms with E-state index in [9.17, 15) is 9.59 Å². The number of rotatable bonds is 21. The van der Waals surface area contributed by atoms with Crippen LogP contribution in [0.4, 0.5) is 0 Å². The minimum atomic E-state index is -2.57. The van der Waals surface area contributed by atoms with Gasteiger partial charge >= 0.3 is 5.97 Å². The molecule has 0 aliphatic carbocycles. The Hall–Kier alpha value is -1.85. The van der Waals surface area contributed by atoms with Crippen molar-refractivity contribution < 1.29 is 47.0 Å². The number of cyclic esters (lactones) is 1. The van der Waals surface area contributed by atoms with Crippen molar-refractivity contribution in [1.82, 2.24) is 0 Å². The molecule has 0 bridgehead atoms. The quantitative estimate of drug-likeness (QED) is 0.0361. The fourth-order valence-corrected chi connectivity index (χ4v) is 19.6. The van der Waals surface area contributed by atoms with Crippen molar-refractivity contribution in [2.75, 3.05) is 27.1 Å². The van der Waals surface area contributed by atoms with Crippen LogP contribution in [0.15, 0.2) is 35.5 Å². The van der Waals surface area contributed by atoms with Gasteiger partial charge in [0.05, 0.1) is 18.1 Å². The second-order valence-electron chi connectivity index (χ2n) is 21.8. The summed E-state index contributed by atoms with van der Waals surface area (Å²) in [7, 11) is -4.87. The van der Waals surface area contributed by atoms with Crippen LogP contribution < -0.4 is 0 Å². The lowest BCUT2D eigenvalue weighted by Gasteiger charge is -2.46. The molecule has 10 atom stereocenters. The largest absolute Gasteiger partial charge is 0.463 e. The van der Waals surface area contributed by atoms with Crippen molar-refractivity contribution in [3.63, 3.8) is 0 Å². The molecule has 1 aliphatic heterocycles. The summed E-state index contributed by atoms with van der Waals surface area (Å²) in [6, 6.07) is 3.48. The van der Waals surface area contributed by atoms with Crippen LogP contribution in [0.3, 0.4) is 0 Å². The molecular weight excluding hydrogens is 881 g/mol. The zero-order valence-corrected chi connectivity index (χ0v) is 48.8. The Labute approximate surface area is 406 Å². The fraction of sp³-hybridized carbons (Fsp3) is 0.811. The van der Waals surface area contributed by atoms with Crippen molar-refractivity contribution in [3.05, 3.63) is 35.5 Å². The molecule has 0 spiro atoms. The Balaban J connectivity index is 4.23. The highest BCUT2D eigenvalue weighted by Crippen LogP contribution is 2.45. The normalized spacial score (nSPS) is 27.6. The third kappa shape index (κ3) is 17.5. The van der Waals surface area contributed by atoms with Crippen molar-refractivity contribution in [3.8, 4) is 0 Å². The summed E-state index contributed by atoms with van der Waals surface area (Å²) in [5.41, 5.74) is 2.43. The van der Waals surface area contributed by atoms with Gasteiger partial charge in [0, 0.05) is 51.9 Å². The van der Waals surface area contributed by atoms with E-state index in [0.29, 0.717) is 13.0 Å². The van der Waals surface area contributed by atoms with E-state index in [1.54, 1.807) is 6.92 Å². The number of Topliss-reactive ketones (excluding diaryl/α,β-unsaturated/α-hetero) is 3. The topological polar surface area (TPSA) is 124 Å². The molecule has 1 rings (SSSR count). The van der Waals surface area contributed by atoms with Gasteiger partial charge < -0.3 is 27.8 Å². The number of esters is 1. The Kier molecular flexibility index (Phi) is 27.1. The Morgan fingerprint density at radius 3 is 1.89 bits per heavy atom. The van der Waals surface area contributed by atoms with Gasteiger partial charge in [-0.1, -0.05) is 141 Å². The van der Waals surface area contributed by atoms with Gasteiger partial charge in [0.1, 0.15) is 36.9 Å². The first-order valence-corrected chi connectivity index (χ1v) is 33.9. The molecule has 0 fully saturated rings. The third-order valence-corrected chi connectivity index (χ3v) is 27.1. The van der Waals surface area contributed by atoms with Crippen LogP contribution in [0.5, 0.6) is 0 Å². The molecule has 0 unspecified atom stereocenters. The van der Waals surface area contributed by atoms with Crippen LogP contribution in [0, 0.1) is 35.5 Å². The maximum Gasteiger partial charge on any atom is 0.338 e. The predicted octanol–water partition coefficient (Wildman–Crippen LogP) is 13.0. The maximum atomic E-state index is 15.1. The van der Waals surface area contributed by atoms with E-state index in [1.165, 1.54) is 7.11 Å². The lowest BCUT2D eigenvalue weighted by molar-refractivity contribution is -0.187. The van der Waals surface area contributed by atoms with Crippen molar-refractivity contribution in [2.24, 2.45) is 35.5 Å². The molecule has 0 amide bonds. The molecule has 0 saturated heterocycles. The summed E-state index contributed by atoms with van der Waals surface area (Å²) < 4.78 is 39.4. The Bertz CT molecular complexity index is 1580. The van der Waals surface area contributed by atoms with Gasteiger partial charge in [0.15, 0.2) is 14.4 Å². The van der Waals surface area contributed by atoms with Crippen LogP contribution >= 0.6 is 0 Å². The molecule has 0 saturated carbocycles. The second-order valence-corrected chi connectivity index (χ2v) is 37.5. The minimum absolute atomic E-state index is 0.00852. The standard InChI is InChI=1S/C53H98O10Si3/c1-22-26-38(11)31-41(14)50(62-65(23-2,24-3)25-4)45-33-60-53(57)52(61-34-59-29-30-64(19,20)21)51(58-18)44(17)48(56)43(16)49(63-66(35(5)6,36(7)8)37(9)10)42(15)32-40(13)46(54)28-27-39(12)47(45)55/h22,26,31-32,35-40,43-45,49-52H,23-25,27-30,33-34H2,1-21H3/b26-22-,41-31+,42-32+/t38-,39+,40-,43-,44+,45-,49-,50+,51-,52+/m0/s1. The molecule has 1 heterocycles. The molecular formula is C53H98O10Si3. The first-order chi connectivity index (χ1) is 30.6. The van der Waals surface area contributed by atoms with Crippen LogP contribution in [0.25, 0.3) is 0 Å². The SMILES string of the molecule is C/C=C\[C@H](C)/C=C(\C)[C@@H](O[Si](CC)(CC)CC)[C@H]1COC(=O)[C@H](OCOCC[Si](C)(C)C)[C@@H](OC)[C@H](C)C(=O)[C@H](C)[C@@H](O[Si](C(C)C)(C(C)C)C(C)C)/C(C)=C/[C@H](C)C(=O)CC[C@@H](C)C1=O. The van der Waals surface area contributed by atoms with Crippen molar-refractivity contribution >= 4 is 48.0 Å². The first kappa shape index (κ1) is 62.2. The molecule has 0 aromatic heterocycles. The van der Waals surface area contributed by atoms with Crippen LogP contribution in [-0.4, -0.2) is 99.6 Å². The van der Waals surface area contributed by atoms with Crippen LogP contribution in [-0.2, 0) is 47.0 Å². The third-order valence-electron chi connectivity index (χ3n) is 14.7. The number of allylic oxidation sites excluding steroid dienone is 4. The number of hydrogen-bond donors (Lipinski definition) is 0. The lowest BCUT2D eigenvalue weighted by atomic mass is 9.82. The molecule has 0 radical (unpaired) electrons. The average molecular weight is 980 g/mol. The number of methoxy groups -OCH3 is 1. The second kappa shape index (κ2) is 28.7. The average Bonchev–Trinajstić information content (AvgIpc) is 3.24. The van der Waals surface area contributed by atoms with Crippen molar-refractivity contribution in [1.29, 1.82) is 0 Å². The first-order valence-electron chi connectivity index (χ1n) is 25.5. The van der Waals surface area contributed by atoms with Gasteiger partial charge in [-0.05, 0) is 85.1 Å². The van der Waals surface area contributed by atoms with Crippen molar-refractivity contribution in [2.45, 2.75) is 215 Å². The molecule has 1 aliphatic rings. The highest BCUT2D eigenvalue weighted by atomic mass is 28.4. The molecule has 66 heavy (non-hydrogen) atoms. The summed E-state index contributed by atoms with van der Waals surface area (Å²) in [6.45, 7) is 42.0. The van der Waals surface area contributed by atoms with Gasteiger partial charge in [0.25, 0.3) is 0 Å². The summed E-state index contributed by atoms with van der Waals surface area (Å²) in [6.07, 6.45) is 4.98. The number of ether oxygens (including phenoxy) is 4. The van der Waals surface area contributed by atoms with E-state index in [2.05, 4.69) is 101 Å². The highest BCUT2D eigenvalue weighted by molar-refractivity contribution is 6.77. The summed E-state index contributed by atoms with van der Waals surface area (Å²) in [5, 5.41) is 0. The zero-order valence-electron chi connectivity index (χ0n) is 45.8. The monoisotopic (exact) mass is 979 g/mol. The summed E-state index contributed by atoms with van der Waals surface area (Å²) in [5.74, 6) is -4.37. The highest BCUT2D eigenvalue weighted by Gasteiger charge is 2.50. The van der Waals surface area contributed by atoms with Crippen LogP contribution in [0.1, 0.15) is 131 Å². The molecule has 0 N–H and O–H groups in total. The molecule has 0 aromatic rings. The van der Waals surface area contributed by atoms with Gasteiger partial charge in [-0.2, -0.15) is 0 Å². The Morgan fingerprint density at radius 2 is 1.41 bits per heavy atom. The van der Waals surface area contributed by atoms with Crippen LogP contribution in [0.2, 0.25) is 60.4 Å². The van der Waals surface area contributed by atoms with Gasteiger partial charge in [0.2, 0.25) is 8.32 Å².